The van der Waals surface area contributed by atoms with E-state index in [2.05, 4.69) is 25.4 Å². The van der Waals surface area contributed by atoms with Crippen molar-refractivity contribution in [3.63, 3.8) is 0 Å². The van der Waals surface area contributed by atoms with Crippen molar-refractivity contribution in [2.24, 2.45) is 0 Å². The quantitative estimate of drug-likeness (QED) is 0.462. The fourth-order valence-corrected chi connectivity index (χ4v) is 3.38. The first-order valence-corrected chi connectivity index (χ1v) is 9.73. The number of halogens is 3. The number of fused-ring (bicyclic) bond motifs is 1. The van der Waals surface area contributed by atoms with Crippen LogP contribution in [0.2, 0.25) is 0 Å². The molecule has 0 aliphatic carbocycles. The molecule has 0 amide bonds. The molecule has 1 N–H and O–H groups in total. The monoisotopic (exact) mass is 430 g/mol. The van der Waals surface area contributed by atoms with Gasteiger partial charge >= 0.3 is 6.18 Å². The minimum Gasteiger partial charge on any atom is -0.364 e. The number of alkyl halides is 3. The fourth-order valence-electron chi connectivity index (χ4n) is 3.38. The Bertz CT molecular complexity index is 1220. The van der Waals surface area contributed by atoms with Crippen molar-refractivity contribution in [1.29, 1.82) is 0 Å². The summed E-state index contributed by atoms with van der Waals surface area (Å²) in [5.74, 6) is 1.42. The summed E-state index contributed by atoms with van der Waals surface area (Å²) in [6.07, 6.45) is -2.72. The number of nitrogens with one attached hydrogen (secondary N) is 1. The van der Waals surface area contributed by atoms with Gasteiger partial charge in [0.2, 0.25) is 0 Å². The summed E-state index contributed by atoms with van der Waals surface area (Å²) < 4.78 is 46.3. The molecule has 31 heavy (non-hydrogen) atoms. The Morgan fingerprint density at radius 2 is 1.94 bits per heavy atom. The van der Waals surface area contributed by atoms with Crippen molar-refractivity contribution in [3.8, 4) is 11.4 Å². The van der Waals surface area contributed by atoms with Crippen LogP contribution in [0.3, 0.4) is 0 Å². The maximum atomic E-state index is 13.0. The van der Waals surface area contributed by atoms with Crippen LogP contribution in [0, 0.1) is 13.8 Å². The highest BCUT2D eigenvalue weighted by atomic mass is 19.4. The molecule has 0 aliphatic heterocycles. The van der Waals surface area contributed by atoms with E-state index in [0.717, 1.165) is 12.1 Å². The standard InChI is InChI=1S/C21H21F3N6O/c1-11(2)30-10-26-17-19(25-9-14-6-5-7-15(8-14)21(22,23)24)27-18(28-20(17)30)16-12(3)29-31-13(16)4/h5-8,10-11H,9H2,1-4H3,(H,25,27,28). The van der Waals surface area contributed by atoms with Crippen molar-refractivity contribution < 1.29 is 17.7 Å². The van der Waals surface area contributed by atoms with Crippen LogP contribution in [0.4, 0.5) is 19.0 Å². The van der Waals surface area contributed by atoms with Gasteiger partial charge in [-0.1, -0.05) is 17.3 Å². The van der Waals surface area contributed by atoms with Gasteiger partial charge < -0.3 is 14.4 Å². The lowest BCUT2D eigenvalue weighted by Crippen LogP contribution is -2.08. The molecule has 0 saturated carbocycles. The Balaban J connectivity index is 1.77. The minimum atomic E-state index is -4.40. The van der Waals surface area contributed by atoms with Crippen LogP contribution in [0.1, 0.15) is 42.5 Å². The third kappa shape index (κ3) is 3.97. The van der Waals surface area contributed by atoms with Gasteiger partial charge in [-0.2, -0.15) is 13.2 Å². The molecule has 162 valence electrons. The predicted octanol–water partition coefficient (Wildman–Crippen LogP) is 5.31. The Morgan fingerprint density at radius 3 is 2.58 bits per heavy atom. The summed E-state index contributed by atoms with van der Waals surface area (Å²) in [7, 11) is 0. The van der Waals surface area contributed by atoms with E-state index in [1.807, 2.05) is 18.4 Å². The zero-order valence-electron chi connectivity index (χ0n) is 17.4. The van der Waals surface area contributed by atoms with E-state index < -0.39 is 11.7 Å². The summed E-state index contributed by atoms with van der Waals surface area (Å²) in [6.45, 7) is 7.74. The van der Waals surface area contributed by atoms with E-state index in [0.29, 0.717) is 45.4 Å². The van der Waals surface area contributed by atoms with Crippen LogP contribution in [0.5, 0.6) is 0 Å². The summed E-state index contributed by atoms with van der Waals surface area (Å²) in [5, 5.41) is 7.10. The molecular weight excluding hydrogens is 409 g/mol. The third-order valence-corrected chi connectivity index (χ3v) is 4.95. The van der Waals surface area contributed by atoms with Gasteiger partial charge in [0, 0.05) is 12.6 Å². The van der Waals surface area contributed by atoms with Gasteiger partial charge in [-0.15, -0.1) is 0 Å². The zero-order chi connectivity index (χ0) is 22.3. The largest absolute Gasteiger partial charge is 0.416 e. The molecule has 0 spiro atoms. The molecule has 0 fully saturated rings. The molecule has 0 bridgehead atoms. The van der Waals surface area contributed by atoms with E-state index in [4.69, 9.17) is 4.52 Å². The van der Waals surface area contributed by atoms with Crippen molar-refractivity contribution in [2.75, 3.05) is 5.32 Å². The van der Waals surface area contributed by atoms with Gasteiger partial charge in [0.25, 0.3) is 0 Å². The van der Waals surface area contributed by atoms with Crippen molar-refractivity contribution in [3.05, 3.63) is 53.2 Å². The van der Waals surface area contributed by atoms with Gasteiger partial charge in [-0.05, 0) is 45.4 Å². The predicted molar refractivity (Wildman–Crippen MR) is 109 cm³/mol. The molecule has 0 aliphatic rings. The molecule has 0 saturated heterocycles. The van der Waals surface area contributed by atoms with Crippen LogP contribution >= 0.6 is 0 Å². The molecule has 10 heteroatoms. The van der Waals surface area contributed by atoms with Crippen LogP contribution < -0.4 is 5.32 Å². The summed E-state index contributed by atoms with van der Waals surface area (Å²) in [5.41, 5.74) is 2.27. The number of imidazole rings is 1. The number of anilines is 1. The Kier molecular flexibility index (Phi) is 5.16. The first-order valence-electron chi connectivity index (χ1n) is 9.73. The molecule has 4 aromatic rings. The number of nitrogens with zero attached hydrogens (tertiary/aromatic N) is 5. The van der Waals surface area contributed by atoms with Crippen molar-refractivity contribution in [2.45, 2.75) is 46.5 Å². The van der Waals surface area contributed by atoms with Crippen LogP contribution in [-0.4, -0.2) is 24.7 Å². The van der Waals surface area contributed by atoms with E-state index in [1.54, 1.807) is 26.2 Å². The molecule has 1 aromatic carbocycles. The van der Waals surface area contributed by atoms with E-state index in [9.17, 15) is 13.2 Å². The smallest absolute Gasteiger partial charge is 0.364 e. The second-order valence-electron chi connectivity index (χ2n) is 7.56. The Morgan fingerprint density at radius 1 is 1.16 bits per heavy atom. The SMILES string of the molecule is Cc1noc(C)c1-c1nc(NCc2cccc(C(F)(F)F)c2)c2ncn(C(C)C)c2n1. The average molecular weight is 430 g/mol. The number of rotatable bonds is 5. The minimum absolute atomic E-state index is 0.105. The second kappa shape index (κ2) is 7.68. The van der Waals surface area contributed by atoms with Crippen molar-refractivity contribution in [1.82, 2.24) is 24.7 Å². The normalized spacial score (nSPS) is 12.1. The van der Waals surface area contributed by atoms with Crippen LogP contribution in [0.25, 0.3) is 22.6 Å². The van der Waals surface area contributed by atoms with E-state index >= 15 is 0 Å². The molecule has 3 heterocycles. The zero-order valence-corrected chi connectivity index (χ0v) is 17.4. The molecule has 4 rings (SSSR count). The Hall–Kier alpha value is -3.43. The first kappa shape index (κ1) is 20.8. The fraction of sp³-hybridized carbons (Fsp3) is 0.333. The maximum absolute atomic E-state index is 13.0. The lowest BCUT2D eigenvalue weighted by atomic mass is 10.1. The number of hydrogen-bond acceptors (Lipinski definition) is 6. The van der Waals surface area contributed by atoms with Crippen LogP contribution in [-0.2, 0) is 12.7 Å². The number of benzene rings is 1. The highest BCUT2D eigenvalue weighted by molar-refractivity contribution is 5.85. The van der Waals surface area contributed by atoms with Gasteiger partial charge in [-0.25, -0.2) is 15.0 Å². The van der Waals surface area contributed by atoms with Crippen LogP contribution in [0.15, 0.2) is 35.1 Å². The molecular formula is C21H21F3N6O. The molecule has 7 nitrogen and oxygen atoms in total. The summed E-state index contributed by atoms with van der Waals surface area (Å²) >= 11 is 0. The number of hydrogen-bond donors (Lipinski definition) is 1. The van der Waals surface area contributed by atoms with Crippen molar-refractivity contribution >= 4 is 17.0 Å². The number of aromatic nitrogens is 5. The van der Waals surface area contributed by atoms with Gasteiger partial charge in [0.15, 0.2) is 17.3 Å². The molecule has 0 atom stereocenters. The first-order chi connectivity index (χ1) is 14.6. The average Bonchev–Trinajstić information content (AvgIpc) is 3.28. The lowest BCUT2D eigenvalue weighted by Gasteiger charge is -2.12. The van der Waals surface area contributed by atoms with E-state index in [-0.39, 0.29) is 12.6 Å². The summed E-state index contributed by atoms with van der Waals surface area (Å²) in [4.78, 5) is 13.7. The van der Waals surface area contributed by atoms with E-state index in [1.165, 1.54) is 6.07 Å². The van der Waals surface area contributed by atoms with Gasteiger partial charge in [0.05, 0.1) is 23.1 Å². The second-order valence-corrected chi connectivity index (χ2v) is 7.56. The maximum Gasteiger partial charge on any atom is 0.416 e. The Labute approximate surface area is 176 Å². The highest BCUT2D eigenvalue weighted by Crippen LogP contribution is 2.31. The topological polar surface area (TPSA) is 81.7 Å². The third-order valence-electron chi connectivity index (χ3n) is 4.95. The van der Waals surface area contributed by atoms with Gasteiger partial charge in [0.1, 0.15) is 11.3 Å². The summed E-state index contributed by atoms with van der Waals surface area (Å²) in [6, 6.07) is 5.29. The lowest BCUT2D eigenvalue weighted by molar-refractivity contribution is -0.137. The van der Waals surface area contributed by atoms with Gasteiger partial charge in [-0.3, -0.25) is 0 Å². The highest BCUT2D eigenvalue weighted by Gasteiger charge is 2.30. The number of aryl methyl sites for hydroxylation is 2. The molecule has 0 unspecified atom stereocenters. The molecule has 3 aromatic heterocycles. The molecule has 0 radical (unpaired) electrons.